The second kappa shape index (κ2) is 5.88. The van der Waals surface area contributed by atoms with Crippen molar-refractivity contribution in [3.63, 3.8) is 0 Å². The molecule has 0 aromatic carbocycles. The Balaban J connectivity index is 0.00000120. The monoisotopic (exact) mass is 267 g/mol. The van der Waals surface area contributed by atoms with Gasteiger partial charge in [-0.1, -0.05) is 11.6 Å². The number of rotatable bonds is 2. The van der Waals surface area contributed by atoms with Crippen LogP contribution in [0.15, 0.2) is 23.1 Å². The van der Waals surface area contributed by atoms with Crippen LogP contribution in [0, 0.1) is 0 Å². The summed E-state index contributed by atoms with van der Waals surface area (Å²) in [5, 5.41) is 7.30. The number of nitrogens with one attached hydrogen (secondary N) is 1. The van der Waals surface area contributed by atoms with E-state index in [-0.39, 0.29) is 18.4 Å². The molecule has 0 aliphatic carbocycles. The SMILES string of the molecule is Cl.c1cnc(-c2noc(C3CCCCN3)n2)cn1. The molecule has 1 atom stereocenters. The van der Waals surface area contributed by atoms with Crippen LogP contribution in [-0.4, -0.2) is 26.7 Å². The fourth-order valence-corrected chi connectivity index (χ4v) is 1.96. The fraction of sp³-hybridized carbons (Fsp3) is 0.455. The van der Waals surface area contributed by atoms with Crippen LogP contribution in [0.25, 0.3) is 11.5 Å². The Bertz CT molecular complexity index is 483. The van der Waals surface area contributed by atoms with E-state index in [9.17, 15) is 0 Å². The zero-order chi connectivity index (χ0) is 11.5. The summed E-state index contributed by atoms with van der Waals surface area (Å²) in [5.41, 5.74) is 0.637. The first kappa shape index (κ1) is 12.9. The van der Waals surface area contributed by atoms with Gasteiger partial charge in [0.15, 0.2) is 0 Å². The van der Waals surface area contributed by atoms with E-state index in [1.807, 2.05) is 0 Å². The number of hydrogen-bond donors (Lipinski definition) is 1. The van der Waals surface area contributed by atoms with E-state index < -0.39 is 0 Å². The molecule has 0 spiro atoms. The first-order valence-corrected chi connectivity index (χ1v) is 5.77. The van der Waals surface area contributed by atoms with Crippen molar-refractivity contribution in [2.75, 3.05) is 6.54 Å². The maximum absolute atomic E-state index is 5.27. The molecule has 1 N–H and O–H groups in total. The Labute approximate surface area is 111 Å². The normalized spacial score (nSPS) is 19.2. The van der Waals surface area contributed by atoms with Crippen LogP contribution < -0.4 is 5.32 Å². The van der Waals surface area contributed by atoms with Crippen LogP contribution in [0.2, 0.25) is 0 Å². The molecule has 1 aliphatic rings. The Morgan fingerprint density at radius 2 is 2.22 bits per heavy atom. The lowest BCUT2D eigenvalue weighted by Crippen LogP contribution is -2.26. The molecule has 96 valence electrons. The third-order valence-electron chi connectivity index (χ3n) is 2.84. The van der Waals surface area contributed by atoms with Crippen LogP contribution >= 0.6 is 12.4 Å². The predicted molar refractivity (Wildman–Crippen MR) is 67.2 cm³/mol. The average molecular weight is 268 g/mol. The number of aromatic nitrogens is 4. The van der Waals surface area contributed by atoms with Crippen molar-refractivity contribution in [2.24, 2.45) is 0 Å². The highest BCUT2D eigenvalue weighted by Crippen LogP contribution is 2.23. The van der Waals surface area contributed by atoms with Crippen molar-refractivity contribution in [1.29, 1.82) is 0 Å². The lowest BCUT2D eigenvalue weighted by Gasteiger charge is -2.19. The number of nitrogens with zero attached hydrogens (tertiary/aromatic N) is 4. The molecule has 0 amide bonds. The quantitative estimate of drug-likeness (QED) is 0.893. The van der Waals surface area contributed by atoms with Crippen molar-refractivity contribution in [3.8, 4) is 11.5 Å². The maximum atomic E-state index is 5.27. The van der Waals surface area contributed by atoms with E-state index in [4.69, 9.17) is 4.52 Å². The zero-order valence-electron chi connectivity index (χ0n) is 9.74. The Kier molecular flexibility index (Phi) is 4.22. The summed E-state index contributed by atoms with van der Waals surface area (Å²) in [6.07, 6.45) is 8.31. The number of halogens is 1. The molecule has 6 nitrogen and oxygen atoms in total. The van der Waals surface area contributed by atoms with E-state index in [0.29, 0.717) is 17.4 Å². The van der Waals surface area contributed by atoms with E-state index in [0.717, 1.165) is 13.0 Å². The minimum absolute atomic E-state index is 0. The molecule has 7 heteroatoms. The maximum Gasteiger partial charge on any atom is 0.244 e. The van der Waals surface area contributed by atoms with Crippen LogP contribution in [0.4, 0.5) is 0 Å². The first-order valence-electron chi connectivity index (χ1n) is 5.77. The van der Waals surface area contributed by atoms with Crippen LogP contribution in [0.5, 0.6) is 0 Å². The molecule has 18 heavy (non-hydrogen) atoms. The van der Waals surface area contributed by atoms with Gasteiger partial charge in [0.1, 0.15) is 5.69 Å². The Hall–Kier alpha value is -1.53. The van der Waals surface area contributed by atoms with E-state index in [1.165, 1.54) is 12.8 Å². The van der Waals surface area contributed by atoms with Crippen molar-refractivity contribution >= 4 is 12.4 Å². The summed E-state index contributed by atoms with van der Waals surface area (Å²) in [4.78, 5) is 12.5. The molecule has 0 radical (unpaired) electrons. The lowest BCUT2D eigenvalue weighted by molar-refractivity contribution is 0.297. The standard InChI is InChI=1S/C11H13N5O.ClH/c1-2-4-13-8(3-1)11-15-10(16-17-11)9-7-12-5-6-14-9;/h5-8,13H,1-4H2;1H. The number of hydrogen-bond acceptors (Lipinski definition) is 6. The highest BCUT2D eigenvalue weighted by atomic mass is 35.5. The molecule has 1 aliphatic heterocycles. The van der Waals surface area contributed by atoms with Gasteiger partial charge in [0, 0.05) is 12.4 Å². The van der Waals surface area contributed by atoms with Gasteiger partial charge >= 0.3 is 0 Å². The van der Waals surface area contributed by atoms with Gasteiger partial charge in [-0.3, -0.25) is 4.98 Å². The third kappa shape index (κ3) is 2.65. The largest absolute Gasteiger partial charge is 0.337 e. The summed E-state index contributed by atoms with van der Waals surface area (Å²) >= 11 is 0. The Morgan fingerprint density at radius 1 is 1.28 bits per heavy atom. The molecule has 3 rings (SSSR count). The van der Waals surface area contributed by atoms with Crippen molar-refractivity contribution in [2.45, 2.75) is 25.3 Å². The van der Waals surface area contributed by atoms with Crippen molar-refractivity contribution < 1.29 is 4.52 Å². The highest BCUT2D eigenvalue weighted by Gasteiger charge is 2.21. The predicted octanol–water partition coefficient (Wildman–Crippen LogP) is 1.76. The van der Waals surface area contributed by atoms with Gasteiger partial charge in [-0.25, -0.2) is 4.98 Å². The van der Waals surface area contributed by atoms with Crippen LogP contribution in [0.1, 0.15) is 31.2 Å². The number of piperidine rings is 1. The highest BCUT2D eigenvalue weighted by molar-refractivity contribution is 5.85. The van der Waals surface area contributed by atoms with E-state index >= 15 is 0 Å². The van der Waals surface area contributed by atoms with Gasteiger partial charge in [-0.15, -0.1) is 12.4 Å². The second-order valence-electron chi connectivity index (χ2n) is 4.05. The summed E-state index contributed by atoms with van der Waals surface area (Å²) in [6, 6.07) is 0.182. The molecular formula is C11H14ClN5O. The van der Waals surface area contributed by atoms with Gasteiger partial charge in [-0.2, -0.15) is 4.98 Å². The lowest BCUT2D eigenvalue weighted by atomic mass is 10.1. The summed E-state index contributed by atoms with van der Waals surface area (Å²) < 4.78 is 5.27. The minimum Gasteiger partial charge on any atom is -0.337 e. The molecule has 3 heterocycles. The third-order valence-corrected chi connectivity index (χ3v) is 2.84. The first-order chi connectivity index (χ1) is 8.43. The topological polar surface area (TPSA) is 76.7 Å². The van der Waals surface area contributed by atoms with Crippen LogP contribution in [-0.2, 0) is 0 Å². The van der Waals surface area contributed by atoms with Crippen molar-refractivity contribution in [3.05, 3.63) is 24.5 Å². The Morgan fingerprint density at radius 3 is 2.94 bits per heavy atom. The summed E-state index contributed by atoms with van der Waals surface area (Å²) in [6.45, 7) is 1.01. The smallest absolute Gasteiger partial charge is 0.244 e. The zero-order valence-corrected chi connectivity index (χ0v) is 10.6. The van der Waals surface area contributed by atoms with Gasteiger partial charge < -0.3 is 9.84 Å². The minimum atomic E-state index is 0. The van der Waals surface area contributed by atoms with Gasteiger partial charge in [0.05, 0.1) is 12.2 Å². The van der Waals surface area contributed by atoms with Crippen molar-refractivity contribution in [1.82, 2.24) is 25.4 Å². The average Bonchev–Trinajstić information content (AvgIpc) is 2.90. The van der Waals surface area contributed by atoms with E-state index in [2.05, 4.69) is 25.4 Å². The van der Waals surface area contributed by atoms with Gasteiger partial charge in [-0.05, 0) is 19.4 Å². The molecule has 2 aromatic heterocycles. The van der Waals surface area contributed by atoms with E-state index in [1.54, 1.807) is 18.6 Å². The van der Waals surface area contributed by atoms with Gasteiger partial charge in [0.2, 0.25) is 11.7 Å². The summed E-state index contributed by atoms with van der Waals surface area (Å²) in [7, 11) is 0. The molecule has 0 bridgehead atoms. The summed E-state index contributed by atoms with van der Waals surface area (Å²) in [5.74, 6) is 1.14. The molecule has 1 unspecified atom stereocenters. The van der Waals surface area contributed by atoms with Gasteiger partial charge in [0.25, 0.3) is 0 Å². The molecule has 1 saturated heterocycles. The second-order valence-corrected chi connectivity index (χ2v) is 4.05. The molecular weight excluding hydrogens is 254 g/mol. The fourth-order valence-electron chi connectivity index (χ4n) is 1.96. The molecule has 2 aromatic rings. The van der Waals surface area contributed by atoms with Crippen LogP contribution in [0.3, 0.4) is 0 Å². The molecule has 0 saturated carbocycles. The molecule has 1 fully saturated rings.